The molecule has 0 unspecified atom stereocenters. The second-order valence-electron chi connectivity index (χ2n) is 6.11. The van der Waals surface area contributed by atoms with Crippen molar-refractivity contribution in [2.45, 2.75) is 32.6 Å². The zero-order valence-corrected chi connectivity index (χ0v) is 13.8. The summed E-state index contributed by atoms with van der Waals surface area (Å²) in [6.45, 7) is 1.46. The molecule has 0 fully saturated rings. The number of rotatable bonds is 5. The van der Waals surface area contributed by atoms with Gasteiger partial charge in [-0.05, 0) is 73.2 Å². The maximum Gasteiger partial charge on any atom is 0.221 e. The van der Waals surface area contributed by atoms with Crippen LogP contribution in [-0.2, 0) is 17.6 Å². The Kier molecular flexibility index (Phi) is 4.94. The predicted molar refractivity (Wildman–Crippen MR) is 93.7 cm³/mol. The molecule has 4 heteroatoms. The fraction of sp³-hybridized carbons (Fsp3) is 0.300. The molecule has 24 heavy (non-hydrogen) atoms. The molecule has 0 saturated heterocycles. The number of nitrogens with one attached hydrogen (secondary N) is 1. The first-order valence-corrected chi connectivity index (χ1v) is 8.27. The molecule has 1 N–H and O–H groups in total. The van der Waals surface area contributed by atoms with Crippen molar-refractivity contribution in [2.75, 3.05) is 11.9 Å². The quantitative estimate of drug-likeness (QED) is 0.852. The molecule has 0 aliphatic heterocycles. The molecule has 4 nitrogen and oxygen atoms in total. The molecule has 124 valence electrons. The first-order valence-electron chi connectivity index (χ1n) is 8.27. The Morgan fingerprint density at radius 2 is 1.71 bits per heavy atom. The Labute approximate surface area is 141 Å². The van der Waals surface area contributed by atoms with Crippen LogP contribution in [0.3, 0.4) is 0 Å². The number of amides is 1. The monoisotopic (exact) mass is 323 g/mol. The van der Waals surface area contributed by atoms with E-state index in [1.165, 1.54) is 30.9 Å². The number of ketones is 1. The van der Waals surface area contributed by atoms with Crippen LogP contribution in [0.15, 0.2) is 42.5 Å². The van der Waals surface area contributed by atoms with Crippen LogP contribution < -0.4 is 10.1 Å². The Morgan fingerprint density at radius 3 is 2.42 bits per heavy atom. The van der Waals surface area contributed by atoms with E-state index in [1.54, 1.807) is 24.3 Å². The summed E-state index contributed by atoms with van der Waals surface area (Å²) in [7, 11) is 0. The third kappa shape index (κ3) is 4.02. The SMILES string of the molecule is CC(=O)Nc1ccc(C(=O)COc2ccc3c(c2)CCCC3)cc1. The lowest BCUT2D eigenvalue weighted by Gasteiger charge is -2.16. The van der Waals surface area contributed by atoms with Gasteiger partial charge in [-0.1, -0.05) is 6.07 Å². The second-order valence-corrected chi connectivity index (χ2v) is 6.11. The number of hydrogen-bond donors (Lipinski definition) is 1. The second kappa shape index (κ2) is 7.30. The fourth-order valence-corrected chi connectivity index (χ4v) is 2.97. The normalized spacial score (nSPS) is 13.0. The molecular formula is C20H21NO3. The number of hydrogen-bond acceptors (Lipinski definition) is 3. The Balaban J connectivity index is 1.60. The van der Waals surface area contributed by atoms with Crippen LogP contribution in [0.2, 0.25) is 0 Å². The number of fused-ring (bicyclic) bond motifs is 1. The van der Waals surface area contributed by atoms with Gasteiger partial charge in [0.15, 0.2) is 12.4 Å². The van der Waals surface area contributed by atoms with E-state index in [0.717, 1.165) is 18.6 Å². The number of aryl methyl sites for hydroxylation is 2. The van der Waals surface area contributed by atoms with Crippen molar-refractivity contribution in [1.29, 1.82) is 0 Å². The largest absolute Gasteiger partial charge is 0.485 e. The predicted octanol–water partition coefficient (Wildman–Crippen LogP) is 3.79. The van der Waals surface area contributed by atoms with Gasteiger partial charge in [-0.3, -0.25) is 9.59 Å². The highest BCUT2D eigenvalue weighted by Crippen LogP contribution is 2.25. The van der Waals surface area contributed by atoms with E-state index in [1.807, 2.05) is 6.07 Å². The first-order chi connectivity index (χ1) is 11.6. The van der Waals surface area contributed by atoms with Crippen LogP contribution in [0.25, 0.3) is 0 Å². The Morgan fingerprint density at radius 1 is 1.00 bits per heavy atom. The Bertz CT molecular complexity index is 750. The summed E-state index contributed by atoms with van der Waals surface area (Å²) in [5, 5.41) is 2.68. The average molecular weight is 323 g/mol. The zero-order valence-electron chi connectivity index (χ0n) is 13.8. The minimum Gasteiger partial charge on any atom is -0.485 e. The molecule has 0 aromatic heterocycles. The summed E-state index contributed by atoms with van der Waals surface area (Å²) in [4.78, 5) is 23.2. The van der Waals surface area contributed by atoms with Crippen LogP contribution in [0.5, 0.6) is 5.75 Å². The van der Waals surface area contributed by atoms with Gasteiger partial charge in [-0.2, -0.15) is 0 Å². The van der Waals surface area contributed by atoms with Crippen molar-refractivity contribution in [3.05, 3.63) is 59.2 Å². The van der Waals surface area contributed by atoms with E-state index in [0.29, 0.717) is 11.3 Å². The molecule has 0 atom stereocenters. The Hall–Kier alpha value is -2.62. The van der Waals surface area contributed by atoms with E-state index < -0.39 is 0 Å². The van der Waals surface area contributed by atoms with Crippen molar-refractivity contribution in [2.24, 2.45) is 0 Å². The first kappa shape index (κ1) is 16.2. The standard InChI is InChI=1S/C20H21NO3/c1-14(22)21-18-9-6-16(7-10-18)20(23)13-24-19-11-8-15-4-2-3-5-17(15)12-19/h6-12H,2-5,13H2,1H3,(H,21,22). The van der Waals surface area contributed by atoms with Crippen LogP contribution in [-0.4, -0.2) is 18.3 Å². The van der Waals surface area contributed by atoms with Crippen LogP contribution in [0.4, 0.5) is 5.69 Å². The summed E-state index contributed by atoms with van der Waals surface area (Å²) in [6.07, 6.45) is 4.69. The highest BCUT2D eigenvalue weighted by atomic mass is 16.5. The van der Waals surface area contributed by atoms with Crippen molar-refractivity contribution < 1.29 is 14.3 Å². The van der Waals surface area contributed by atoms with Gasteiger partial charge in [0.2, 0.25) is 5.91 Å². The lowest BCUT2D eigenvalue weighted by atomic mass is 9.92. The molecule has 0 saturated carbocycles. The molecule has 1 amide bonds. The summed E-state index contributed by atoms with van der Waals surface area (Å²) in [5.41, 5.74) is 3.98. The topological polar surface area (TPSA) is 55.4 Å². The highest BCUT2D eigenvalue weighted by molar-refractivity contribution is 5.98. The average Bonchev–Trinajstić information content (AvgIpc) is 2.59. The van der Waals surface area contributed by atoms with Crippen molar-refractivity contribution >= 4 is 17.4 Å². The van der Waals surface area contributed by atoms with E-state index >= 15 is 0 Å². The summed E-state index contributed by atoms with van der Waals surface area (Å²) < 4.78 is 5.66. The third-order valence-corrected chi connectivity index (χ3v) is 4.22. The molecule has 2 aromatic rings. The van der Waals surface area contributed by atoms with Gasteiger partial charge in [0.25, 0.3) is 0 Å². The van der Waals surface area contributed by atoms with Gasteiger partial charge in [0.1, 0.15) is 5.75 Å². The molecule has 0 heterocycles. The highest BCUT2D eigenvalue weighted by Gasteiger charge is 2.11. The number of carbonyl (C=O) groups is 2. The molecule has 3 rings (SSSR count). The van der Waals surface area contributed by atoms with Gasteiger partial charge in [0.05, 0.1) is 0 Å². The molecule has 1 aliphatic rings. The van der Waals surface area contributed by atoms with Crippen LogP contribution in [0.1, 0.15) is 41.3 Å². The number of anilines is 1. The number of ether oxygens (including phenoxy) is 1. The number of carbonyl (C=O) groups excluding carboxylic acids is 2. The molecule has 0 spiro atoms. The molecule has 1 aliphatic carbocycles. The van der Waals surface area contributed by atoms with Crippen molar-refractivity contribution in [1.82, 2.24) is 0 Å². The molecule has 2 aromatic carbocycles. The third-order valence-electron chi connectivity index (χ3n) is 4.22. The number of benzene rings is 2. The minimum absolute atomic E-state index is 0.0122. The maximum atomic E-state index is 12.2. The lowest BCUT2D eigenvalue weighted by molar-refractivity contribution is -0.114. The number of Topliss-reactive ketones (excluding diaryl/α,β-unsaturated/α-hetero) is 1. The van der Waals surface area contributed by atoms with E-state index in [-0.39, 0.29) is 18.3 Å². The maximum absolute atomic E-state index is 12.2. The van der Waals surface area contributed by atoms with Gasteiger partial charge < -0.3 is 10.1 Å². The van der Waals surface area contributed by atoms with E-state index in [4.69, 9.17) is 4.74 Å². The van der Waals surface area contributed by atoms with Crippen LogP contribution in [0, 0.1) is 0 Å². The summed E-state index contributed by atoms with van der Waals surface area (Å²) in [5.74, 6) is 0.533. The summed E-state index contributed by atoms with van der Waals surface area (Å²) >= 11 is 0. The smallest absolute Gasteiger partial charge is 0.221 e. The molecule has 0 bridgehead atoms. The van der Waals surface area contributed by atoms with Gasteiger partial charge >= 0.3 is 0 Å². The van der Waals surface area contributed by atoms with E-state index in [9.17, 15) is 9.59 Å². The van der Waals surface area contributed by atoms with Gasteiger partial charge in [-0.25, -0.2) is 0 Å². The minimum atomic E-state index is -0.134. The van der Waals surface area contributed by atoms with E-state index in [2.05, 4.69) is 17.4 Å². The zero-order chi connectivity index (χ0) is 16.9. The van der Waals surface area contributed by atoms with Crippen LogP contribution >= 0.6 is 0 Å². The fourth-order valence-electron chi connectivity index (χ4n) is 2.97. The van der Waals surface area contributed by atoms with Crippen molar-refractivity contribution in [3.8, 4) is 5.75 Å². The molecular weight excluding hydrogens is 302 g/mol. The molecule has 0 radical (unpaired) electrons. The summed E-state index contributed by atoms with van der Waals surface area (Å²) in [6, 6.07) is 12.9. The van der Waals surface area contributed by atoms with Gasteiger partial charge in [0, 0.05) is 18.2 Å². The lowest BCUT2D eigenvalue weighted by Crippen LogP contribution is -2.12. The van der Waals surface area contributed by atoms with Gasteiger partial charge in [-0.15, -0.1) is 0 Å². The van der Waals surface area contributed by atoms with Crippen molar-refractivity contribution in [3.63, 3.8) is 0 Å².